The van der Waals surface area contributed by atoms with Crippen LogP contribution >= 0.6 is 0 Å². The summed E-state index contributed by atoms with van der Waals surface area (Å²) in [6.07, 6.45) is 0. The zero-order valence-corrected chi connectivity index (χ0v) is 32.2. The van der Waals surface area contributed by atoms with Gasteiger partial charge in [-0.2, -0.15) is 0 Å². The first-order valence-electron chi connectivity index (χ1n) is 20.6. The zero-order valence-electron chi connectivity index (χ0n) is 32.2. The van der Waals surface area contributed by atoms with Crippen molar-refractivity contribution in [2.24, 2.45) is 0 Å². The Hall–Kier alpha value is -7.48. The van der Waals surface area contributed by atoms with Gasteiger partial charge in [0.2, 0.25) is 0 Å². The number of hydrogen-bond acceptors (Lipinski definition) is 1. The quantitative estimate of drug-likeness (QED) is 0.175. The second-order valence-corrected chi connectivity index (χ2v) is 16.2. The maximum atomic E-state index is 7.10. The van der Waals surface area contributed by atoms with E-state index in [4.69, 9.17) is 4.74 Å². The molecule has 10 aromatic carbocycles. The third kappa shape index (κ3) is 4.14. The standard InChI is InChI=1S/C58H36O/c1-3-18-39(19-4-1)57(40-20-5-2-6-21-40)52-35-38(32-33-45(52)46-34-31-37-17-7-8-22-41(37)55(46)57)48-36-53-56(47-26-10-9-23-42(47)48)59-54-30-16-15-29-51(54)58(53)49-27-13-11-24-43(49)44-25-12-14-28-50(44)58/h1-36H. The average molecular weight is 749 g/mol. The second kappa shape index (κ2) is 12.0. The fraction of sp³-hybridized carbons (Fsp3) is 0.0345. The van der Waals surface area contributed by atoms with Crippen LogP contribution in [0.4, 0.5) is 0 Å². The van der Waals surface area contributed by atoms with Gasteiger partial charge < -0.3 is 4.74 Å². The molecule has 0 amide bonds. The van der Waals surface area contributed by atoms with Crippen LogP contribution in [0.5, 0.6) is 11.5 Å². The van der Waals surface area contributed by atoms with Crippen molar-refractivity contribution in [2.45, 2.75) is 10.8 Å². The highest BCUT2D eigenvalue weighted by molar-refractivity contribution is 6.06. The Morgan fingerprint density at radius 2 is 0.847 bits per heavy atom. The monoisotopic (exact) mass is 748 g/mol. The van der Waals surface area contributed by atoms with Crippen molar-refractivity contribution < 1.29 is 4.74 Å². The molecule has 274 valence electrons. The van der Waals surface area contributed by atoms with Crippen molar-refractivity contribution in [3.63, 3.8) is 0 Å². The summed E-state index contributed by atoms with van der Waals surface area (Å²) < 4.78 is 7.10. The van der Waals surface area contributed by atoms with E-state index in [-0.39, 0.29) is 0 Å². The third-order valence-electron chi connectivity index (χ3n) is 13.6. The first kappa shape index (κ1) is 32.6. The molecule has 0 fully saturated rings. The summed E-state index contributed by atoms with van der Waals surface area (Å²) in [6.45, 7) is 0. The van der Waals surface area contributed by atoms with Gasteiger partial charge in [0.25, 0.3) is 0 Å². The van der Waals surface area contributed by atoms with Crippen molar-refractivity contribution in [1.82, 2.24) is 0 Å². The zero-order chi connectivity index (χ0) is 38.7. The predicted octanol–water partition coefficient (Wildman–Crippen LogP) is 14.5. The SMILES string of the molecule is c1ccc(C2(c3ccccc3)c3cc(-c4cc5c(c6ccccc46)Oc4ccccc4C54c5ccccc5-c5ccccc54)ccc3-c3ccc4ccccc4c32)cc1. The molecule has 1 nitrogen and oxygen atoms in total. The molecule has 1 spiro atoms. The van der Waals surface area contributed by atoms with Gasteiger partial charge in [0.15, 0.2) is 0 Å². The summed E-state index contributed by atoms with van der Waals surface area (Å²) in [5.41, 5.74) is 16.5. The fourth-order valence-corrected chi connectivity index (χ4v) is 11.3. The largest absolute Gasteiger partial charge is 0.456 e. The minimum absolute atomic E-state index is 0.555. The normalized spacial score (nSPS) is 14.5. The van der Waals surface area contributed by atoms with Crippen LogP contribution in [0.2, 0.25) is 0 Å². The number of ether oxygens (including phenoxy) is 1. The molecule has 0 N–H and O–H groups in total. The van der Waals surface area contributed by atoms with Crippen LogP contribution in [-0.2, 0) is 10.8 Å². The molecule has 0 saturated heterocycles. The van der Waals surface area contributed by atoms with Gasteiger partial charge in [0.05, 0.1) is 10.8 Å². The molecule has 1 heterocycles. The van der Waals surface area contributed by atoms with Crippen LogP contribution in [-0.4, -0.2) is 0 Å². The molecule has 0 saturated carbocycles. The maximum absolute atomic E-state index is 7.10. The number of para-hydroxylation sites is 1. The Morgan fingerprint density at radius 3 is 1.56 bits per heavy atom. The molecular weight excluding hydrogens is 713 g/mol. The van der Waals surface area contributed by atoms with Crippen LogP contribution in [0.25, 0.3) is 54.9 Å². The third-order valence-corrected chi connectivity index (χ3v) is 13.6. The minimum atomic E-state index is -0.570. The van der Waals surface area contributed by atoms with Crippen LogP contribution in [0.1, 0.15) is 44.5 Å². The number of rotatable bonds is 3. The topological polar surface area (TPSA) is 9.23 Å². The molecule has 0 aromatic heterocycles. The Labute approximate surface area is 343 Å². The molecule has 3 aliphatic rings. The van der Waals surface area contributed by atoms with Gasteiger partial charge >= 0.3 is 0 Å². The molecule has 1 heteroatoms. The number of fused-ring (bicyclic) bond motifs is 16. The molecular formula is C58H36O. The van der Waals surface area contributed by atoms with E-state index in [1.54, 1.807) is 0 Å². The summed E-state index contributed by atoms with van der Waals surface area (Å²) in [5, 5.41) is 4.82. The Bertz CT molecular complexity index is 3270. The molecule has 13 rings (SSSR count). The lowest BCUT2D eigenvalue weighted by Gasteiger charge is -2.40. The smallest absolute Gasteiger partial charge is 0.140 e. The van der Waals surface area contributed by atoms with E-state index in [1.807, 2.05) is 0 Å². The van der Waals surface area contributed by atoms with E-state index < -0.39 is 10.8 Å². The molecule has 0 radical (unpaired) electrons. The Morgan fingerprint density at radius 1 is 0.305 bits per heavy atom. The fourth-order valence-electron chi connectivity index (χ4n) is 11.3. The summed E-state index contributed by atoms with van der Waals surface area (Å²) >= 11 is 0. The first-order chi connectivity index (χ1) is 29.3. The first-order valence-corrected chi connectivity index (χ1v) is 20.6. The van der Waals surface area contributed by atoms with Gasteiger partial charge in [-0.25, -0.2) is 0 Å². The van der Waals surface area contributed by atoms with Gasteiger partial charge in [0, 0.05) is 16.5 Å². The van der Waals surface area contributed by atoms with Crippen molar-refractivity contribution in [3.05, 3.63) is 263 Å². The molecule has 0 unspecified atom stereocenters. The van der Waals surface area contributed by atoms with E-state index in [0.29, 0.717) is 0 Å². The van der Waals surface area contributed by atoms with E-state index in [9.17, 15) is 0 Å². The molecule has 0 atom stereocenters. The number of benzene rings is 10. The molecule has 2 aliphatic carbocycles. The summed E-state index contributed by atoms with van der Waals surface area (Å²) in [4.78, 5) is 0. The Kier molecular flexibility index (Phi) is 6.64. The van der Waals surface area contributed by atoms with Crippen molar-refractivity contribution in [2.75, 3.05) is 0 Å². The van der Waals surface area contributed by atoms with E-state index in [0.717, 1.165) is 16.9 Å². The molecule has 10 aromatic rings. The van der Waals surface area contributed by atoms with Gasteiger partial charge in [0.1, 0.15) is 11.5 Å². The van der Waals surface area contributed by atoms with Gasteiger partial charge in [-0.1, -0.05) is 200 Å². The summed E-state index contributed by atoms with van der Waals surface area (Å²) in [6, 6.07) is 81.1. The van der Waals surface area contributed by atoms with E-state index >= 15 is 0 Å². The van der Waals surface area contributed by atoms with Crippen molar-refractivity contribution >= 4 is 21.5 Å². The van der Waals surface area contributed by atoms with Gasteiger partial charge in [-0.15, -0.1) is 0 Å². The molecule has 0 bridgehead atoms. The number of hydrogen-bond donors (Lipinski definition) is 0. The highest BCUT2D eigenvalue weighted by atomic mass is 16.5. The van der Waals surface area contributed by atoms with Crippen molar-refractivity contribution in [1.29, 1.82) is 0 Å². The van der Waals surface area contributed by atoms with Crippen molar-refractivity contribution in [3.8, 4) is 44.9 Å². The average Bonchev–Trinajstić information content (AvgIpc) is 3.78. The molecule has 59 heavy (non-hydrogen) atoms. The lowest BCUT2D eigenvalue weighted by molar-refractivity contribution is 0.442. The lowest BCUT2D eigenvalue weighted by atomic mass is 9.65. The van der Waals surface area contributed by atoms with E-state index in [2.05, 4.69) is 218 Å². The summed E-state index contributed by atoms with van der Waals surface area (Å²) in [5.74, 6) is 1.83. The summed E-state index contributed by atoms with van der Waals surface area (Å²) in [7, 11) is 0. The minimum Gasteiger partial charge on any atom is -0.456 e. The highest BCUT2D eigenvalue weighted by Crippen LogP contribution is 2.64. The van der Waals surface area contributed by atoms with Crippen LogP contribution in [0.15, 0.2) is 218 Å². The predicted molar refractivity (Wildman–Crippen MR) is 242 cm³/mol. The highest BCUT2D eigenvalue weighted by Gasteiger charge is 2.52. The van der Waals surface area contributed by atoms with Gasteiger partial charge in [-0.05, 0) is 101 Å². The molecule has 1 aliphatic heterocycles. The Balaban J connectivity index is 1.15. The maximum Gasteiger partial charge on any atom is 0.140 e. The lowest BCUT2D eigenvalue weighted by Crippen LogP contribution is -2.32. The second-order valence-electron chi connectivity index (χ2n) is 16.2. The van der Waals surface area contributed by atoms with E-state index in [1.165, 1.54) is 94.0 Å². The van der Waals surface area contributed by atoms with Gasteiger partial charge in [-0.3, -0.25) is 0 Å². The van der Waals surface area contributed by atoms with Crippen LogP contribution in [0, 0.1) is 0 Å². The van der Waals surface area contributed by atoms with Crippen LogP contribution < -0.4 is 4.74 Å². The van der Waals surface area contributed by atoms with Crippen LogP contribution in [0.3, 0.4) is 0 Å².